The second kappa shape index (κ2) is 5.10. The molecule has 0 spiro atoms. The third-order valence-electron chi connectivity index (χ3n) is 2.47. The summed E-state index contributed by atoms with van der Waals surface area (Å²) in [5.74, 6) is -0.354. The van der Waals surface area contributed by atoms with E-state index in [1.165, 1.54) is 23.5 Å². The molecule has 0 saturated carbocycles. The molecule has 0 bridgehead atoms. The van der Waals surface area contributed by atoms with Crippen LogP contribution in [0.3, 0.4) is 0 Å². The fourth-order valence-electron chi connectivity index (χ4n) is 1.61. The predicted octanol–water partition coefficient (Wildman–Crippen LogP) is 3.55. The van der Waals surface area contributed by atoms with Gasteiger partial charge in [0.1, 0.15) is 5.82 Å². The van der Waals surface area contributed by atoms with Crippen molar-refractivity contribution < 1.29 is 9.18 Å². The van der Waals surface area contributed by atoms with Crippen LogP contribution in [0, 0.1) is 5.82 Å². The first kappa shape index (κ1) is 11.8. The zero-order chi connectivity index (χ0) is 12.3. The van der Waals surface area contributed by atoms with Crippen molar-refractivity contribution in [3.05, 3.63) is 52.5 Å². The summed E-state index contributed by atoms with van der Waals surface area (Å²) < 4.78 is 12.8. The second-order valence-corrected chi connectivity index (χ2v) is 4.32. The molecule has 0 radical (unpaired) electrons. The van der Waals surface area contributed by atoms with Gasteiger partial charge in [-0.1, -0.05) is 0 Å². The molecule has 0 saturated heterocycles. The third kappa shape index (κ3) is 2.53. The number of hydrogen-bond acceptors (Lipinski definition) is 2. The number of thiophene rings is 1. The van der Waals surface area contributed by atoms with Gasteiger partial charge in [-0.2, -0.15) is 11.3 Å². The van der Waals surface area contributed by atoms with Gasteiger partial charge in [0.05, 0.1) is 5.56 Å². The highest BCUT2D eigenvalue weighted by molar-refractivity contribution is 7.08. The summed E-state index contributed by atoms with van der Waals surface area (Å²) in [6.45, 7) is 2.45. The summed E-state index contributed by atoms with van der Waals surface area (Å²) in [6, 6.07) is 7.74. The van der Waals surface area contributed by atoms with Crippen molar-refractivity contribution in [2.24, 2.45) is 0 Å². The van der Waals surface area contributed by atoms with Gasteiger partial charge in [0, 0.05) is 17.6 Å². The van der Waals surface area contributed by atoms with Crippen molar-refractivity contribution in [3.8, 4) is 0 Å². The highest BCUT2D eigenvalue weighted by Crippen LogP contribution is 2.18. The number of amides is 1. The summed E-state index contributed by atoms with van der Waals surface area (Å²) in [4.78, 5) is 13.8. The monoisotopic (exact) mass is 249 g/mol. The molecular formula is C13H12FNOS. The van der Waals surface area contributed by atoms with Crippen LogP contribution in [-0.2, 0) is 0 Å². The van der Waals surface area contributed by atoms with Crippen molar-refractivity contribution >= 4 is 22.9 Å². The lowest BCUT2D eigenvalue weighted by Crippen LogP contribution is -2.30. The molecule has 1 aromatic carbocycles. The highest BCUT2D eigenvalue weighted by atomic mass is 32.1. The van der Waals surface area contributed by atoms with Gasteiger partial charge in [-0.15, -0.1) is 0 Å². The van der Waals surface area contributed by atoms with E-state index in [0.717, 1.165) is 0 Å². The smallest absolute Gasteiger partial charge is 0.259 e. The summed E-state index contributed by atoms with van der Waals surface area (Å²) in [6.07, 6.45) is 0. The number of rotatable bonds is 3. The Balaban J connectivity index is 2.28. The number of hydrogen-bond donors (Lipinski definition) is 0. The minimum Gasteiger partial charge on any atom is -0.309 e. The van der Waals surface area contributed by atoms with Gasteiger partial charge in [0.15, 0.2) is 0 Å². The molecule has 0 aliphatic heterocycles. The van der Waals surface area contributed by atoms with Crippen LogP contribution in [0.1, 0.15) is 17.3 Å². The van der Waals surface area contributed by atoms with E-state index in [0.29, 0.717) is 17.8 Å². The predicted molar refractivity (Wildman–Crippen MR) is 68.1 cm³/mol. The van der Waals surface area contributed by atoms with E-state index in [1.54, 1.807) is 23.1 Å². The van der Waals surface area contributed by atoms with E-state index < -0.39 is 0 Å². The first-order chi connectivity index (χ1) is 8.22. The van der Waals surface area contributed by atoms with Gasteiger partial charge in [-0.05, 0) is 42.6 Å². The summed E-state index contributed by atoms with van der Waals surface area (Å²) in [5.41, 5.74) is 1.38. The zero-order valence-corrected chi connectivity index (χ0v) is 10.2. The molecule has 2 aromatic rings. The van der Waals surface area contributed by atoms with Gasteiger partial charge < -0.3 is 4.90 Å². The average Bonchev–Trinajstić information content (AvgIpc) is 2.86. The van der Waals surface area contributed by atoms with Crippen molar-refractivity contribution in [1.29, 1.82) is 0 Å². The molecule has 0 aliphatic carbocycles. The zero-order valence-electron chi connectivity index (χ0n) is 9.39. The third-order valence-corrected chi connectivity index (χ3v) is 3.15. The van der Waals surface area contributed by atoms with Crippen LogP contribution < -0.4 is 4.90 Å². The van der Waals surface area contributed by atoms with Crippen LogP contribution in [0.15, 0.2) is 41.1 Å². The number of benzene rings is 1. The summed E-state index contributed by atoms with van der Waals surface area (Å²) >= 11 is 1.49. The van der Waals surface area contributed by atoms with Crippen LogP contribution in [-0.4, -0.2) is 12.5 Å². The minimum absolute atomic E-state index is 0.0552. The van der Waals surface area contributed by atoms with Gasteiger partial charge in [-0.3, -0.25) is 4.79 Å². The maximum atomic E-state index is 12.8. The second-order valence-electron chi connectivity index (χ2n) is 3.54. The fourth-order valence-corrected chi connectivity index (χ4v) is 2.24. The van der Waals surface area contributed by atoms with Gasteiger partial charge in [0.2, 0.25) is 0 Å². The molecule has 17 heavy (non-hydrogen) atoms. The minimum atomic E-state index is -0.298. The van der Waals surface area contributed by atoms with Gasteiger partial charge in [-0.25, -0.2) is 4.39 Å². The van der Waals surface area contributed by atoms with Gasteiger partial charge in [0.25, 0.3) is 5.91 Å². The maximum Gasteiger partial charge on any atom is 0.259 e. The molecule has 2 nitrogen and oxygen atoms in total. The molecule has 0 aliphatic rings. The number of anilines is 1. The first-order valence-electron chi connectivity index (χ1n) is 5.32. The van der Waals surface area contributed by atoms with Crippen LogP contribution in [0.5, 0.6) is 0 Å². The Kier molecular flexibility index (Phi) is 3.54. The SMILES string of the molecule is CCN(C(=O)c1ccsc1)c1ccc(F)cc1. The van der Waals surface area contributed by atoms with E-state index in [4.69, 9.17) is 0 Å². The molecular weight excluding hydrogens is 237 g/mol. The van der Waals surface area contributed by atoms with Crippen molar-refractivity contribution in [3.63, 3.8) is 0 Å². The number of carbonyl (C=O) groups excluding carboxylic acids is 1. The summed E-state index contributed by atoms with van der Waals surface area (Å²) in [5, 5.41) is 3.68. The molecule has 0 atom stereocenters. The van der Waals surface area contributed by atoms with E-state index in [-0.39, 0.29) is 11.7 Å². The molecule has 88 valence electrons. The largest absolute Gasteiger partial charge is 0.309 e. The molecule has 1 amide bonds. The standard InChI is InChI=1S/C13H12FNOS/c1-2-15(12-5-3-11(14)4-6-12)13(16)10-7-8-17-9-10/h3-9H,2H2,1H3. The molecule has 0 unspecified atom stereocenters. The van der Waals surface area contributed by atoms with Crippen LogP contribution in [0.4, 0.5) is 10.1 Å². The van der Waals surface area contributed by atoms with Crippen LogP contribution in [0.2, 0.25) is 0 Å². The maximum absolute atomic E-state index is 12.8. The summed E-state index contributed by atoms with van der Waals surface area (Å²) in [7, 11) is 0. The Morgan fingerprint density at radius 2 is 2.00 bits per heavy atom. The number of nitrogens with zero attached hydrogens (tertiary/aromatic N) is 1. The normalized spacial score (nSPS) is 10.2. The van der Waals surface area contributed by atoms with Gasteiger partial charge >= 0.3 is 0 Å². The quantitative estimate of drug-likeness (QED) is 0.814. The Bertz CT molecular complexity index is 493. The Labute approximate surface area is 103 Å². The molecule has 1 heterocycles. The van der Waals surface area contributed by atoms with Crippen molar-refractivity contribution in [1.82, 2.24) is 0 Å². The lowest BCUT2D eigenvalue weighted by Gasteiger charge is -2.20. The number of halogens is 1. The molecule has 2 rings (SSSR count). The molecule has 4 heteroatoms. The van der Waals surface area contributed by atoms with Crippen LogP contribution >= 0.6 is 11.3 Å². The topological polar surface area (TPSA) is 20.3 Å². The Morgan fingerprint density at radius 3 is 2.53 bits per heavy atom. The lowest BCUT2D eigenvalue weighted by atomic mass is 10.2. The first-order valence-corrected chi connectivity index (χ1v) is 6.26. The molecule has 0 fully saturated rings. The fraction of sp³-hybridized carbons (Fsp3) is 0.154. The molecule has 1 aromatic heterocycles. The lowest BCUT2D eigenvalue weighted by molar-refractivity contribution is 0.0988. The molecule has 0 N–H and O–H groups in total. The Hall–Kier alpha value is -1.68. The highest BCUT2D eigenvalue weighted by Gasteiger charge is 2.16. The Morgan fingerprint density at radius 1 is 1.29 bits per heavy atom. The average molecular weight is 249 g/mol. The van der Waals surface area contributed by atoms with E-state index in [9.17, 15) is 9.18 Å². The van der Waals surface area contributed by atoms with E-state index in [1.807, 2.05) is 17.7 Å². The number of carbonyl (C=O) groups is 1. The van der Waals surface area contributed by atoms with Crippen LogP contribution in [0.25, 0.3) is 0 Å². The van der Waals surface area contributed by atoms with E-state index >= 15 is 0 Å². The van der Waals surface area contributed by atoms with E-state index in [2.05, 4.69) is 0 Å². The van der Waals surface area contributed by atoms with Crippen molar-refractivity contribution in [2.75, 3.05) is 11.4 Å². The van der Waals surface area contributed by atoms with Crippen molar-refractivity contribution in [2.45, 2.75) is 6.92 Å².